The van der Waals surface area contributed by atoms with E-state index in [4.69, 9.17) is 0 Å². The Morgan fingerprint density at radius 2 is 1.96 bits per heavy atom. The smallest absolute Gasteiger partial charge is 0.283 e. The van der Waals surface area contributed by atoms with Crippen LogP contribution in [0.1, 0.15) is 23.9 Å². The number of hydrogen-bond donors (Lipinski definition) is 2. The van der Waals surface area contributed by atoms with Crippen LogP contribution in [0, 0.1) is 13.8 Å². The molecule has 1 unspecified atom stereocenters. The highest BCUT2D eigenvalue weighted by molar-refractivity contribution is 7.12. The molecule has 1 aromatic carbocycles. The van der Waals surface area contributed by atoms with Crippen molar-refractivity contribution < 1.29 is 0 Å². The molecule has 25 heavy (non-hydrogen) atoms. The van der Waals surface area contributed by atoms with Gasteiger partial charge in [0.2, 0.25) is 5.13 Å². The molecular weight excluding hydrogens is 334 g/mol. The second-order valence-electron chi connectivity index (χ2n) is 6.16. The number of nitrogens with one attached hydrogen (secondary N) is 2. The van der Waals surface area contributed by atoms with Gasteiger partial charge in [0.15, 0.2) is 0 Å². The maximum absolute atomic E-state index is 13.1. The van der Waals surface area contributed by atoms with E-state index in [1.165, 1.54) is 16.0 Å². The summed E-state index contributed by atoms with van der Waals surface area (Å²) in [6.45, 7) is 5.90. The topological polar surface area (TPSA) is 66.0 Å². The third-order valence-electron chi connectivity index (χ3n) is 4.12. The van der Waals surface area contributed by atoms with Crippen molar-refractivity contribution in [2.24, 2.45) is 0 Å². The van der Waals surface area contributed by atoms with Crippen LogP contribution in [0.3, 0.4) is 0 Å². The van der Waals surface area contributed by atoms with Gasteiger partial charge in [-0.15, -0.1) is 11.3 Å². The number of nitrogens with zero attached hydrogens (tertiary/aromatic N) is 3. The molecular formula is C18H19N5OS. The van der Waals surface area contributed by atoms with Crippen LogP contribution in [-0.4, -0.2) is 20.8 Å². The molecule has 0 radical (unpaired) electrons. The molecule has 2 aromatic heterocycles. The molecule has 0 aliphatic carbocycles. The average Bonchev–Trinajstić information content (AvgIpc) is 3.26. The Bertz CT molecular complexity index is 998. The highest BCUT2D eigenvalue weighted by Gasteiger charge is 2.28. The third kappa shape index (κ3) is 2.71. The minimum absolute atomic E-state index is 0.0880. The standard InChI is InChI=1S/C18H19N5OS/c1-11-9-15(22(20-11)14-7-5-4-6-8-14)16-13(3)21-23(17(16)24)18-19-12(2)10-25-18/h4-11,20-21H,1-3H3. The number of aromatic amines is 1. The minimum Gasteiger partial charge on any atom is -0.293 e. The van der Waals surface area contributed by atoms with Gasteiger partial charge in [0.25, 0.3) is 5.56 Å². The highest BCUT2D eigenvalue weighted by Crippen LogP contribution is 2.29. The molecule has 2 N–H and O–H groups in total. The largest absolute Gasteiger partial charge is 0.293 e. The summed E-state index contributed by atoms with van der Waals surface area (Å²) in [5.74, 6) is 0. The van der Waals surface area contributed by atoms with E-state index in [0.717, 1.165) is 22.8 Å². The SMILES string of the molecule is Cc1csc(-n2[nH]c(C)c(C3=CC(C)NN3c3ccccc3)c2=O)n1. The van der Waals surface area contributed by atoms with Gasteiger partial charge >= 0.3 is 0 Å². The summed E-state index contributed by atoms with van der Waals surface area (Å²) in [6.07, 6.45) is 2.07. The lowest BCUT2D eigenvalue weighted by Crippen LogP contribution is -2.36. The molecule has 1 atom stereocenters. The first-order valence-electron chi connectivity index (χ1n) is 8.12. The zero-order valence-corrected chi connectivity index (χ0v) is 15.1. The summed E-state index contributed by atoms with van der Waals surface area (Å²) >= 11 is 1.45. The average molecular weight is 353 g/mol. The zero-order chi connectivity index (χ0) is 17.6. The first-order valence-corrected chi connectivity index (χ1v) is 9.00. The lowest BCUT2D eigenvalue weighted by atomic mass is 10.1. The fourth-order valence-electron chi connectivity index (χ4n) is 3.03. The van der Waals surface area contributed by atoms with Crippen LogP contribution >= 0.6 is 11.3 Å². The van der Waals surface area contributed by atoms with Crippen LogP contribution in [0.2, 0.25) is 0 Å². The number of aryl methyl sites for hydroxylation is 2. The molecule has 1 aliphatic rings. The summed E-state index contributed by atoms with van der Waals surface area (Å²) in [5, 5.41) is 7.73. The van der Waals surface area contributed by atoms with Crippen LogP contribution in [-0.2, 0) is 0 Å². The molecule has 0 saturated heterocycles. The van der Waals surface area contributed by atoms with Crippen molar-refractivity contribution in [3.8, 4) is 5.13 Å². The molecule has 6 nitrogen and oxygen atoms in total. The Kier molecular flexibility index (Phi) is 3.82. The number of H-pyrrole nitrogens is 1. The van der Waals surface area contributed by atoms with Crippen LogP contribution in [0.25, 0.3) is 10.8 Å². The number of benzene rings is 1. The number of thiazole rings is 1. The quantitative estimate of drug-likeness (QED) is 0.760. The monoisotopic (exact) mass is 353 g/mol. The Morgan fingerprint density at radius 1 is 1.20 bits per heavy atom. The molecule has 7 heteroatoms. The fraction of sp³-hybridized carbons (Fsp3) is 0.222. The van der Waals surface area contributed by atoms with Crippen molar-refractivity contribution in [2.45, 2.75) is 26.8 Å². The van der Waals surface area contributed by atoms with Crippen molar-refractivity contribution in [1.82, 2.24) is 20.2 Å². The number of hydrogen-bond acceptors (Lipinski definition) is 5. The van der Waals surface area contributed by atoms with Gasteiger partial charge in [-0.1, -0.05) is 18.2 Å². The molecule has 1 aliphatic heterocycles. The van der Waals surface area contributed by atoms with Gasteiger partial charge in [0, 0.05) is 17.1 Å². The fourth-order valence-corrected chi connectivity index (χ4v) is 3.79. The second-order valence-corrected chi connectivity index (χ2v) is 7.00. The van der Waals surface area contributed by atoms with Gasteiger partial charge in [0.05, 0.1) is 22.6 Å². The van der Waals surface area contributed by atoms with E-state index in [1.807, 2.05) is 54.6 Å². The van der Waals surface area contributed by atoms with E-state index in [9.17, 15) is 4.79 Å². The first-order chi connectivity index (χ1) is 12.0. The molecule has 0 spiro atoms. The Labute approximate surface area is 149 Å². The summed E-state index contributed by atoms with van der Waals surface area (Å²) in [4.78, 5) is 17.5. The van der Waals surface area contributed by atoms with Crippen molar-refractivity contribution >= 4 is 22.7 Å². The summed E-state index contributed by atoms with van der Waals surface area (Å²) in [7, 11) is 0. The summed E-state index contributed by atoms with van der Waals surface area (Å²) in [5.41, 5.74) is 7.55. The normalized spacial score (nSPS) is 17.2. The van der Waals surface area contributed by atoms with Gasteiger partial charge in [0.1, 0.15) is 0 Å². The van der Waals surface area contributed by atoms with Gasteiger partial charge in [-0.2, -0.15) is 4.68 Å². The summed E-state index contributed by atoms with van der Waals surface area (Å²) < 4.78 is 1.52. The maximum Gasteiger partial charge on any atom is 0.283 e. The van der Waals surface area contributed by atoms with Crippen LogP contribution < -0.4 is 16.0 Å². The predicted molar refractivity (Wildman–Crippen MR) is 101 cm³/mol. The number of rotatable bonds is 3. The number of para-hydroxylation sites is 1. The van der Waals surface area contributed by atoms with Gasteiger partial charge in [-0.05, 0) is 39.0 Å². The van der Waals surface area contributed by atoms with Gasteiger partial charge < -0.3 is 0 Å². The van der Waals surface area contributed by atoms with Crippen LogP contribution in [0.5, 0.6) is 0 Å². The third-order valence-corrected chi connectivity index (χ3v) is 5.07. The van der Waals surface area contributed by atoms with E-state index in [2.05, 4.69) is 28.5 Å². The molecule has 0 bridgehead atoms. The predicted octanol–water partition coefficient (Wildman–Crippen LogP) is 2.99. The molecule has 0 saturated carbocycles. The van der Waals surface area contributed by atoms with Crippen molar-refractivity contribution in [1.29, 1.82) is 0 Å². The molecule has 0 amide bonds. The highest BCUT2D eigenvalue weighted by atomic mass is 32.1. The lowest BCUT2D eigenvalue weighted by molar-refractivity contribution is 0.686. The Hall–Kier alpha value is -2.64. The van der Waals surface area contributed by atoms with Gasteiger partial charge in [-0.3, -0.25) is 14.9 Å². The minimum atomic E-state index is -0.0880. The maximum atomic E-state index is 13.1. The van der Waals surface area contributed by atoms with Crippen molar-refractivity contribution in [3.05, 3.63) is 69.1 Å². The van der Waals surface area contributed by atoms with Crippen molar-refractivity contribution in [2.75, 3.05) is 5.01 Å². The molecule has 3 heterocycles. The van der Waals surface area contributed by atoms with Crippen molar-refractivity contribution in [3.63, 3.8) is 0 Å². The van der Waals surface area contributed by atoms with E-state index in [1.54, 1.807) is 0 Å². The van der Waals surface area contributed by atoms with E-state index in [-0.39, 0.29) is 11.6 Å². The first kappa shape index (κ1) is 15.9. The molecule has 128 valence electrons. The van der Waals surface area contributed by atoms with Crippen LogP contribution in [0.15, 0.2) is 46.6 Å². The lowest BCUT2D eigenvalue weighted by Gasteiger charge is -2.23. The number of hydrazine groups is 1. The van der Waals surface area contributed by atoms with E-state index in [0.29, 0.717) is 10.7 Å². The molecule has 3 aromatic rings. The van der Waals surface area contributed by atoms with Crippen LogP contribution in [0.4, 0.5) is 5.69 Å². The summed E-state index contributed by atoms with van der Waals surface area (Å²) in [6, 6.07) is 10.1. The van der Waals surface area contributed by atoms with E-state index >= 15 is 0 Å². The number of aromatic nitrogens is 3. The zero-order valence-electron chi connectivity index (χ0n) is 14.3. The molecule has 0 fully saturated rings. The van der Waals surface area contributed by atoms with E-state index < -0.39 is 0 Å². The van der Waals surface area contributed by atoms with Gasteiger partial charge in [-0.25, -0.2) is 10.4 Å². The Balaban J connectivity index is 1.82. The second kappa shape index (κ2) is 6.02. The molecule has 4 rings (SSSR count). The number of anilines is 1. The Morgan fingerprint density at radius 3 is 2.64 bits per heavy atom.